The van der Waals surface area contributed by atoms with E-state index in [4.69, 9.17) is 11.6 Å². The first kappa shape index (κ1) is 15.2. The van der Waals surface area contributed by atoms with E-state index in [9.17, 15) is 8.42 Å². The molecule has 0 aliphatic carbocycles. The Morgan fingerprint density at radius 3 is 2.80 bits per heavy atom. The van der Waals surface area contributed by atoms with Crippen LogP contribution in [0.5, 0.6) is 0 Å². The van der Waals surface area contributed by atoms with Gasteiger partial charge in [0, 0.05) is 23.5 Å². The van der Waals surface area contributed by atoms with Crippen LogP contribution < -0.4 is 4.72 Å². The fourth-order valence-corrected chi connectivity index (χ4v) is 3.90. The maximum Gasteiger partial charge on any atom is 0.241 e. The van der Waals surface area contributed by atoms with Gasteiger partial charge in [-0.2, -0.15) is 0 Å². The fraction of sp³-hybridized carbons (Fsp3) is 0.357. The molecule has 0 spiro atoms. The normalized spacial score (nSPS) is 13.5. The third-order valence-corrected chi connectivity index (χ3v) is 4.96. The van der Waals surface area contributed by atoms with Gasteiger partial charge in [-0.05, 0) is 37.1 Å². The van der Waals surface area contributed by atoms with E-state index < -0.39 is 10.0 Å². The van der Waals surface area contributed by atoms with Crippen LogP contribution in [0.2, 0.25) is 0 Å². The lowest BCUT2D eigenvalue weighted by molar-refractivity contribution is 0.532. The number of benzene rings is 1. The van der Waals surface area contributed by atoms with E-state index in [-0.39, 0.29) is 10.9 Å². The monoisotopic (exact) mass is 312 g/mol. The maximum absolute atomic E-state index is 12.5. The van der Waals surface area contributed by atoms with Crippen LogP contribution in [0.15, 0.2) is 41.4 Å². The molecule has 0 aliphatic heterocycles. The zero-order chi connectivity index (χ0) is 14.6. The summed E-state index contributed by atoms with van der Waals surface area (Å²) >= 11 is 5.70. The number of sulfonamides is 1. The number of hydrogen-bond acceptors (Lipinski definition) is 3. The SMILES string of the molecule is CCC(CCCl)NS(=O)(=O)c1cccc2ncccc12. The summed E-state index contributed by atoms with van der Waals surface area (Å²) in [6.07, 6.45) is 2.96. The molecule has 0 saturated carbocycles. The second-order valence-corrected chi connectivity index (χ2v) is 6.59. The lowest BCUT2D eigenvalue weighted by Gasteiger charge is -2.16. The predicted octanol–water partition coefficient (Wildman–Crippen LogP) is 2.92. The van der Waals surface area contributed by atoms with Gasteiger partial charge in [-0.1, -0.05) is 13.0 Å². The molecular formula is C14H17ClN2O2S. The van der Waals surface area contributed by atoms with Gasteiger partial charge < -0.3 is 0 Å². The van der Waals surface area contributed by atoms with Gasteiger partial charge in [-0.25, -0.2) is 13.1 Å². The van der Waals surface area contributed by atoms with Crippen LogP contribution in [0.1, 0.15) is 19.8 Å². The van der Waals surface area contributed by atoms with Crippen molar-refractivity contribution in [3.05, 3.63) is 36.5 Å². The van der Waals surface area contributed by atoms with Crippen LogP contribution in [0.25, 0.3) is 10.9 Å². The van der Waals surface area contributed by atoms with Gasteiger partial charge in [0.05, 0.1) is 10.4 Å². The van der Waals surface area contributed by atoms with Gasteiger partial charge in [0.25, 0.3) is 0 Å². The fourth-order valence-electron chi connectivity index (χ4n) is 2.07. The summed E-state index contributed by atoms with van der Waals surface area (Å²) in [6.45, 7) is 1.93. The zero-order valence-corrected chi connectivity index (χ0v) is 12.8. The van der Waals surface area contributed by atoms with Gasteiger partial charge in [0.2, 0.25) is 10.0 Å². The summed E-state index contributed by atoms with van der Waals surface area (Å²) < 4.78 is 27.7. The van der Waals surface area contributed by atoms with Crippen molar-refractivity contribution in [2.45, 2.75) is 30.7 Å². The Morgan fingerprint density at radius 1 is 1.30 bits per heavy atom. The van der Waals surface area contributed by atoms with Crippen molar-refractivity contribution in [3.63, 3.8) is 0 Å². The van der Waals surface area contributed by atoms with E-state index in [1.807, 2.05) is 6.92 Å². The second-order valence-electron chi connectivity index (χ2n) is 4.53. The molecule has 108 valence electrons. The third-order valence-electron chi connectivity index (χ3n) is 3.17. The van der Waals surface area contributed by atoms with E-state index >= 15 is 0 Å². The maximum atomic E-state index is 12.5. The van der Waals surface area contributed by atoms with Crippen molar-refractivity contribution in [2.24, 2.45) is 0 Å². The Hall–Kier alpha value is -1.17. The van der Waals surface area contributed by atoms with Gasteiger partial charge >= 0.3 is 0 Å². The first-order chi connectivity index (χ1) is 9.58. The quantitative estimate of drug-likeness (QED) is 0.834. The van der Waals surface area contributed by atoms with Crippen molar-refractivity contribution in [2.75, 3.05) is 5.88 Å². The lowest BCUT2D eigenvalue weighted by Crippen LogP contribution is -2.34. The molecule has 1 unspecified atom stereocenters. The van der Waals surface area contributed by atoms with Crippen molar-refractivity contribution in [3.8, 4) is 0 Å². The van der Waals surface area contributed by atoms with Crippen LogP contribution in [0, 0.1) is 0 Å². The van der Waals surface area contributed by atoms with Gasteiger partial charge in [-0.15, -0.1) is 11.6 Å². The molecule has 2 rings (SSSR count). The number of hydrogen-bond donors (Lipinski definition) is 1. The molecule has 1 aromatic carbocycles. The van der Waals surface area contributed by atoms with Crippen LogP contribution in [0.4, 0.5) is 0 Å². The molecule has 0 fully saturated rings. The van der Waals surface area contributed by atoms with Crippen LogP contribution in [0.3, 0.4) is 0 Å². The summed E-state index contributed by atoms with van der Waals surface area (Å²) in [5.74, 6) is 0.429. The van der Waals surface area contributed by atoms with Crippen molar-refractivity contribution in [1.82, 2.24) is 9.71 Å². The standard InChI is InChI=1S/C14H17ClN2O2S/c1-2-11(8-9-15)17-20(18,19)14-7-3-6-13-12(14)5-4-10-16-13/h3-7,10-11,17H,2,8-9H2,1H3. The number of alkyl halides is 1. The number of rotatable bonds is 6. The molecule has 0 saturated heterocycles. The molecule has 1 N–H and O–H groups in total. The minimum atomic E-state index is -3.57. The predicted molar refractivity (Wildman–Crippen MR) is 81.5 cm³/mol. The van der Waals surface area contributed by atoms with Crippen molar-refractivity contribution < 1.29 is 8.42 Å². The summed E-state index contributed by atoms with van der Waals surface area (Å²) in [5, 5.41) is 0.628. The first-order valence-electron chi connectivity index (χ1n) is 6.50. The number of halogens is 1. The lowest BCUT2D eigenvalue weighted by atomic mass is 10.2. The third kappa shape index (κ3) is 3.29. The van der Waals surface area contributed by atoms with Gasteiger partial charge in [0.15, 0.2) is 0 Å². The zero-order valence-electron chi connectivity index (χ0n) is 11.2. The highest BCUT2D eigenvalue weighted by Gasteiger charge is 2.20. The van der Waals surface area contributed by atoms with Crippen LogP contribution in [-0.4, -0.2) is 25.3 Å². The molecule has 0 radical (unpaired) electrons. The summed E-state index contributed by atoms with van der Waals surface area (Å²) in [7, 11) is -3.57. The second kappa shape index (κ2) is 6.52. The number of aromatic nitrogens is 1. The summed E-state index contributed by atoms with van der Waals surface area (Å²) in [4.78, 5) is 4.44. The van der Waals surface area contributed by atoms with E-state index in [1.165, 1.54) is 0 Å². The molecule has 20 heavy (non-hydrogen) atoms. The largest absolute Gasteiger partial charge is 0.256 e. The Morgan fingerprint density at radius 2 is 2.10 bits per heavy atom. The minimum absolute atomic E-state index is 0.149. The Labute approximate surface area is 124 Å². The molecule has 1 atom stereocenters. The van der Waals surface area contributed by atoms with E-state index in [0.29, 0.717) is 29.6 Å². The summed E-state index contributed by atoms with van der Waals surface area (Å²) in [5.41, 5.74) is 0.667. The van der Waals surface area contributed by atoms with Gasteiger partial charge in [-0.3, -0.25) is 4.98 Å². The average Bonchev–Trinajstić information content (AvgIpc) is 2.46. The average molecular weight is 313 g/mol. The molecule has 4 nitrogen and oxygen atoms in total. The first-order valence-corrected chi connectivity index (χ1v) is 8.52. The molecule has 0 aliphatic rings. The highest BCUT2D eigenvalue weighted by molar-refractivity contribution is 7.89. The molecule has 0 amide bonds. The highest BCUT2D eigenvalue weighted by Crippen LogP contribution is 2.21. The number of nitrogens with one attached hydrogen (secondary N) is 1. The van der Waals surface area contributed by atoms with Gasteiger partial charge in [0.1, 0.15) is 0 Å². The van der Waals surface area contributed by atoms with Crippen LogP contribution in [-0.2, 0) is 10.0 Å². The summed E-state index contributed by atoms with van der Waals surface area (Å²) in [6, 6.07) is 8.44. The van der Waals surface area contributed by atoms with E-state index in [0.717, 1.165) is 0 Å². The van der Waals surface area contributed by atoms with Crippen molar-refractivity contribution >= 4 is 32.5 Å². The Kier molecular flexibility index (Phi) is 4.96. The van der Waals surface area contributed by atoms with Crippen LogP contribution >= 0.6 is 11.6 Å². The molecule has 1 heterocycles. The molecule has 2 aromatic rings. The Bertz CT molecular complexity index is 683. The molecule has 1 aromatic heterocycles. The molecule has 0 bridgehead atoms. The van der Waals surface area contributed by atoms with Crippen molar-refractivity contribution in [1.29, 1.82) is 0 Å². The number of fused-ring (bicyclic) bond motifs is 1. The topological polar surface area (TPSA) is 59.1 Å². The van der Waals surface area contributed by atoms with E-state index in [2.05, 4.69) is 9.71 Å². The molecule has 6 heteroatoms. The number of nitrogens with zero attached hydrogens (tertiary/aromatic N) is 1. The van der Waals surface area contributed by atoms with E-state index in [1.54, 1.807) is 36.5 Å². The number of pyridine rings is 1. The minimum Gasteiger partial charge on any atom is -0.256 e. The smallest absolute Gasteiger partial charge is 0.241 e. The molecular weight excluding hydrogens is 296 g/mol. The highest BCUT2D eigenvalue weighted by atomic mass is 35.5. The Balaban J connectivity index is 2.41.